The molecule has 2 unspecified atom stereocenters. The minimum atomic E-state index is 0.218. The van der Waals surface area contributed by atoms with Crippen molar-refractivity contribution in [1.82, 2.24) is 10.6 Å². The zero-order chi connectivity index (χ0) is 19.8. The number of nitrogens with zero attached hydrogens (tertiary/aromatic N) is 2. The molecule has 0 saturated carbocycles. The van der Waals surface area contributed by atoms with Gasteiger partial charge >= 0.3 is 0 Å². The van der Waals surface area contributed by atoms with E-state index >= 15 is 0 Å². The average Bonchev–Trinajstić information content (AvgIpc) is 3.22. The smallest absolute Gasteiger partial charge is 0.191 e. The standard InChI is InChI=1S/C23H32N4O/c1-4-24-23(26-18(2)20-9-6-5-7-10-20)25-16-19-13-14-27(17-19)21-11-8-12-22(15-21)28-3/h5-12,15,18-19H,4,13-14,16-17H2,1-3H3,(H2,24,25,26). The zero-order valence-electron chi connectivity index (χ0n) is 17.2. The highest BCUT2D eigenvalue weighted by Gasteiger charge is 2.23. The van der Waals surface area contributed by atoms with Crippen molar-refractivity contribution < 1.29 is 4.74 Å². The Balaban J connectivity index is 1.57. The molecule has 1 aliphatic heterocycles. The first-order valence-electron chi connectivity index (χ1n) is 10.2. The maximum absolute atomic E-state index is 5.36. The van der Waals surface area contributed by atoms with Gasteiger partial charge in [-0.2, -0.15) is 0 Å². The quantitative estimate of drug-likeness (QED) is 0.566. The fourth-order valence-corrected chi connectivity index (χ4v) is 3.59. The maximum Gasteiger partial charge on any atom is 0.191 e. The number of ether oxygens (including phenoxy) is 1. The van der Waals surface area contributed by atoms with Crippen molar-refractivity contribution >= 4 is 11.6 Å². The molecule has 2 aromatic carbocycles. The molecule has 0 aliphatic carbocycles. The van der Waals surface area contributed by atoms with Crippen molar-refractivity contribution in [3.63, 3.8) is 0 Å². The summed E-state index contributed by atoms with van der Waals surface area (Å²) in [5.74, 6) is 2.36. The molecular formula is C23H32N4O. The fourth-order valence-electron chi connectivity index (χ4n) is 3.59. The van der Waals surface area contributed by atoms with Gasteiger partial charge in [0.2, 0.25) is 0 Å². The van der Waals surface area contributed by atoms with E-state index in [4.69, 9.17) is 9.73 Å². The molecule has 1 aliphatic rings. The van der Waals surface area contributed by atoms with Gasteiger partial charge in [-0.15, -0.1) is 0 Å². The van der Waals surface area contributed by atoms with Gasteiger partial charge in [0.1, 0.15) is 5.75 Å². The number of anilines is 1. The van der Waals surface area contributed by atoms with Crippen LogP contribution in [0.2, 0.25) is 0 Å². The van der Waals surface area contributed by atoms with Crippen molar-refractivity contribution in [3.05, 3.63) is 60.2 Å². The largest absolute Gasteiger partial charge is 0.497 e. The molecule has 1 heterocycles. The van der Waals surface area contributed by atoms with Crippen LogP contribution in [0.15, 0.2) is 59.6 Å². The summed E-state index contributed by atoms with van der Waals surface area (Å²) in [6.45, 7) is 8.06. The number of aliphatic imine (C=N–C) groups is 1. The molecule has 0 bridgehead atoms. The van der Waals surface area contributed by atoms with Crippen molar-refractivity contribution in [2.24, 2.45) is 10.9 Å². The van der Waals surface area contributed by atoms with Crippen molar-refractivity contribution in [2.45, 2.75) is 26.3 Å². The van der Waals surface area contributed by atoms with Gasteiger partial charge in [0.05, 0.1) is 13.2 Å². The molecule has 1 saturated heterocycles. The van der Waals surface area contributed by atoms with Gasteiger partial charge in [-0.3, -0.25) is 4.99 Å². The highest BCUT2D eigenvalue weighted by atomic mass is 16.5. The second-order valence-electron chi connectivity index (χ2n) is 7.30. The molecule has 5 heteroatoms. The normalized spacial score (nSPS) is 18.0. The predicted octanol–water partition coefficient (Wildman–Crippen LogP) is 3.84. The van der Waals surface area contributed by atoms with Crippen molar-refractivity contribution in [3.8, 4) is 5.75 Å². The molecule has 1 fully saturated rings. The summed E-state index contributed by atoms with van der Waals surface area (Å²) in [6.07, 6.45) is 1.16. The minimum absolute atomic E-state index is 0.218. The van der Waals surface area contributed by atoms with Crippen LogP contribution in [-0.2, 0) is 0 Å². The Hall–Kier alpha value is -2.69. The lowest BCUT2D eigenvalue weighted by Crippen LogP contribution is -2.39. The summed E-state index contributed by atoms with van der Waals surface area (Å²) in [5, 5.41) is 6.90. The van der Waals surface area contributed by atoms with Gasteiger partial charge in [0.15, 0.2) is 5.96 Å². The molecule has 150 valence electrons. The summed E-state index contributed by atoms with van der Waals surface area (Å²) in [4.78, 5) is 7.29. The van der Waals surface area contributed by atoms with Crippen LogP contribution in [0.3, 0.4) is 0 Å². The lowest BCUT2D eigenvalue weighted by atomic mass is 10.1. The SMILES string of the molecule is CCNC(=NCC1CCN(c2cccc(OC)c2)C1)NC(C)c1ccccc1. The van der Waals surface area contributed by atoms with E-state index in [1.165, 1.54) is 11.3 Å². The molecule has 0 spiro atoms. The second-order valence-corrected chi connectivity index (χ2v) is 7.30. The predicted molar refractivity (Wildman–Crippen MR) is 117 cm³/mol. The maximum atomic E-state index is 5.36. The summed E-state index contributed by atoms with van der Waals surface area (Å²) in [6, 6.07) is 19.0. The number of rotatable bonds is 7. The highest BCUT2D eigenvalue weighted by Crippen LogP contribution is 2.27. The van der Waals surface area contributed by atoms with E-state index < -0.39 is 0 Å². The first kappa shape index (κ1) is 20.1. The number of benzene rings is 2. The molecule has 3 rings (SSSR count). The van der Waals surface area contributed by atoms with Gasteiger partial charge in [-0.25, -0.2) is 0 Å². The minimum Gasteiger partial charge on any atom is -0.497 e. The van der Waals surface area contributed by atoms with Crippen LogP contribution >= 0.6 is 0 Å². The van der Waals surface area contributed by atoms with E-state index in [0.717, 1.165) is 44.3 Å². The van der Waals surface area contributed by atoms with Gasteiger partial charge in [0, 0.05) is 37.9 Å². The first-order valence-corrected chi connectivity index (χ1v) is 10.2. The highest BCUT2D eigenvalue weighted by molar-refractivity contribution is 5.80. The Labute approximate surface area is 168 Å². The van der Waals surface area contributed by atoms with Crippen LogP contribution < -0.4 is 20.3 Å². The van der Waals surface area contributed by atoms with Gasteiger partial charge in [0.25, 0.3) is 0 Å². The van der Waals surface area contributed by atoms with Crippen LogP contribution in [0.5, 0.6) is 5.75 Å². The van der Waals surface area contributed by atoms with Crippen LogP contribution in [0.1, 0.15) is 31.9 Å². The Bertz CT molecular complexity index is 762. The average molecular weight is 381 g/mol. The molecule has 28 heavy (non-hydrogen) atoms. The van der Waals surface area contributed by atoms with Crippen LogP contribution in [0.25, 0.3) is 0 Å². The van der Waals surface area contributed by atoms with Gasteiger partial charge in [-0.05, 0) is 43.9 Å². The monoisotopic (exact) mass is 380 g/mol. The molecule has 0 aromatic heterocycles. The summed E-state index contributed by atoms with van der Waals surface area (Å²) >= 11 is 0. The Morgan fingerprint density at radius 2 is 2.04 bits per heavy atom. The third kappa shape index (κ3) is 5.41. The molecule has 2 N–H and O–H groups in total. The molecule has 2 aromatic rings. The van der Waals surface area contributed by atoms with E-state index in [2.05, 4.69) is 71.8 Å². The molecule has 2 atom stereocenters. The summed E-state index contributed by atoms with van der Waals surface area (Å²) in [7, 11) is 1.71. The number of guanidine groups is 1. The lowest BCUT2D eigenvalue weighted by molar-refractivity contribution is 0.415. The fraction of sp³-hybridized carbons (Fsp3) is 0.435. The van der Waals surface area contributed by atoms with Crippen molar-refractivity contribution in [1.29, 1.82) is 0 Å². The molecule has 5 nitrogen and oxygen atoms in total. The lowest BCUT2D eigenvalue weighted by Gasteiger charge is -2.20. The molecular weight excluding hydrogens is 348 g/mol. The third-order valence-electron chi connectivity index (χ3n) is 5.21. The van der Waals surface area contributed by atoms with Crippen LogP contribution in [0.4, 0.5) is 5.69 Å². The number of nitrogens with one attached hydrogen (secondary N) is 2. The topological polar surface area (TPSA) is 48.9 Å². The van der Waals surface area contributed by atoms with Gasteiger partial charge < -0.3 is 20.3 Å². The number of methoxy groups -OCH3 is 1. The van der Waals surface area contributed by atoms with Crippen molar-refractivity contribution in [2.75, 3.05) is 38.2 Å². The number of hydrogen-bond donors (Lipinski definition) is 2. The van der Waals surface area contributed by atoms with Gasteiger partial charge in [-0.1, -0.05) is 36.4 Å². The van der Waals surface area contributed by atoms with Crippen LogP contribution in [-0.4, -0.2) is 39.2 Å². The first-order chi connectivity index (χ1) is 13.7. The Kier molecular flexibility index (Phi) is 7.18. The van der Waals surface area contributed by atoms with E-state index in [1.54, 1.807) is 7.11 Å². The van der Waals surface area contributed by atoms with E-state index in [1.807, 2.05) is 12.1 Å². The Morgan fingerprint density at radius 3 is 2.79 bits per heavy atom. The van der Waals surface area contributed by atoms with E-state index in [0.29, 0.717) is 5.92 Å². The third-order valence-corrected chi connectivity index (χ3v) is 5.21. The molecule has 0 radical (unpaired) electrons. The Morgan fingerprint density at radius 1 is 1.21 bits per heavy atom. The zero-order valence-corrected chi connectivity index (χ0v) is 17.2. The molecule has 0 amide bonds. The summed E-state index contributed by atoms with van der Waals surface area (Å²) in [5.41, 5.74) is 2.49. The second kappa shape index (κ2) is 10.0. The van der Waals surface area contributed by atoms with Crippen LogP contribution in [0, 0.1) is 5.92 Å². The number of hydrogen-bond acceptors (Lipinski definition) is 3. The van der Waals surface area contributed by atoms with E-state index in [9.17, 15) is 0 Å². The summed E-state index contributed by atoms with van der Waals surface area (Å²) < 4.78 is 5.36. The van der Waals surface area contributed by atoms with E-state index in [-0.39, 0.29) is 6.04 Å².